The van der Waals surface area contributed by atoms with Crippen LogP contribution in [0.4, 0.5) is 4.79 Å². The number of aromatic nitrogens is 3. The number of hydrogen-bond acceptors (Lipinski definition) is 12. The molecular weight excluding hydrogens is 592 g/mol. The van der Waals surface area contributed by atoms with E-state index in [1.54, 1.807) is 10.9 Å². The van der Waals surface area contributed by atoms with Gasteiger partial charge in [-0.3, -0.25) is 14.5 Å². The number of imide groups is 1. The van der Waals surface area contributed by atoms with Gasteiger partial charge in [0, 0.05) is 25.2 Å². The van der Waals surface area contributed by atoms with Crippen LogP contribution in [-0.4, -0.2) is 143 Å². The molecule has 0 saturated carbocycles. The van der Waals surface area contributed by atoms with Gasteiger partial charge in [-0.1, -0.05) is 19.1 Å². The molecule has 0 spiro atoms. The fourth-order valence-electron chi connectivity index (χ4n) is 3.62. The van der Waals surface area contributed by atoms with Gasteiger partial charge in [0.1, 0.15) is 5.69 Å². The summed E-state index contributed by atoms with van der Waals surface area (Å²) < 4.78 is 39.9. The molecule has 0 unspecified atom stereocenters. The second-order valence-corrected chi connectivity index (χ2v) is 10.2. The highest BCUT2D eigenvalue weighted by molar-refractivity contribution is 6.12. The highest BCUT2D eigenvalue weighted by Crippen LogP contribution is 2.08. The molecule has 0 saturated heterocycles. The summed E-state index contributed by atoms with van der Waals surface area (Å²) in [6.07, 6.45) is 5.12. The van der Waals surface area contributed by atoms with Crippen LogP contribution in [0.1, 0.15) is 26.0 Å². The molecule has 2 rings (SSSR count). The van der Waals surface area contributed by atoms with Gasteiger partial charge in [-0.15, -0.1) is 5.10 Å². The van der Waals surface area contributed by atoms with Crippen LogP contribution in [0.25, 0.3) is 0 Å². The first-order chi connectivity index (χ1) is 22.0. The van der Waals surface area contributed by atoms with Gasteiger partial charge in [0.25, 0.3) is 11.8 Å². The van der Waals surface area contributed by atoms with E-state index in [0.29, 0.717) is 124 Å². The summed E-state index contributed by atoms with van der Waals surface area (Å²) in [6, 6.07) is -0.170. The van der Waals surface area contributed by atoms with E-state index < -0.39 is 0 Å². The third kappa shape index (κ3) is 19.9. The van der Waals surface area contributed by atoms with Gasteiger partial charge in [0.2, 0.25) is 0 Å². The smallest absolute Gasteiger partial charge is 0.314 e. The molecule has 0 fully saturated rings. The first-order valence-electron chi connectivity index (χ1n) is 15.4. The van der Waals surface area contributed by atoms with Gasteiger partial charge >= 0.3 is 6.03 Å². The van der Waals surface area contributed by atoms with Crippen molar-refractivity contribution in [2.24, 2.45) is 5.92 Å². The molecule has 0 aromatic carbocycles. The third-order valence-electron chi connectivity index (χ3n) is 6.04. The Labute approximate surface area is 265 Å². The number of amides is 4. The zero-order valence-electron chi connectivity index (χ0n) is 26.6. The first kappa shape index (κ1) is 38.2. The molecule has 4 amide bonds. The molecule has 45 heavy (non-hydrogen) atoms. The Kier molecular flexibility index (Phi) is 21.4. The highest BCUT2D eigenvalue weighted by atomic mass is 16.6. The summed E-state index contributed by atoms with van der Waals surface area (Å²) >= 11 is 0. The largest absolute Gasteiger partial charge is 0.377 e. The van der Waals surface area contributed by atoms with E-state index in [9.17, 15) is 14.4 Å². The second-order valence-electron chi connectivity index (χ2n) is 10.2. The zero-order chi connectivity index (χ0) is 32.4. The van der Waals surface area contributed by atoms with Crippen molar-refractivity contribution in [1.82, 2.24) is 30.5 Å². The number of carbonyl (C=O) groups is 3. The van der Waals surface area contributed by atoms with E-state index >= 15 is 0 Å². The number of ether oxygens (including phenoxy) is 7. The molecule has 0 radical (unpaired) electrons. The van der Waals surface area contributed by atoms with Crippen LogP contribution in [0.2, 0.25) is 0 Å². The predicted molar refractivity (Wildman–Crippen MR) is 161 cm³/mol. The minimum Gasteiger partial charge on any atom is -0.377 e. The lowest BCUT2D eigenvalue weighted by Gasteiger charge is -2.10. The normalized spacial score (nSPS) is 13.0. The predicted octanol–water partition coefficient (Wildman–Crippen LogP) is 0.165. The fraction of sp³-hybridized carbons (Fsp3) is 0.759. The molecular formula is C29H50N6O10. The van der Waals surface area contributed by atoms with Gasteiger partial charge in [-0.2, -0.15) is 0 Å². The molecule has 256 valence electrons. The molecule has 1 aromatic heterocycles. The molecule has 16 heteroatoms. The summed E-state index contributed by atoms with van der Waals surface area (Å²) in [5, 5.41) is 13.5. The SMILES string of the molecule is CC(C)CCNC(=O)NCCOCCOCCOCCOCCOCCOCCOCCn1cc(CN2C(=O)C=CC2=O)nn1. The summed E-state index contributed by atoms with van der Waals surface area (Å²) in [5.41, 5.74) is 0.532. The summed E-state index contributed by atoms with van der Waals surface area (Å²) in [7, 11) is 0. The fourth-order valence-corrected chi connectivity index (χ4v) is 3.62. The van der Waals surface area contributed by atoms with Crippen LogP contribution in [0.15, 0.2) is 18.3 Å². The number of nitrogens with one attached hydrogen (secondary N) is 2. The quantitative estimate of drug-likeness (QED) is 0.0897. The second kappa shape index (κ2) is 25.2. The van der Waals surface area contributed by atoms with Crippen LogP contribution in [0, 0.1) is 5.92 Å². The van der Waals surface area contributed by atoms with Crippen molar-refractivity contribution >= 4 is 17.8 Å². The van der Waals surface area contributed by atoms with E-state index in [4.69, 9.17) is 33.2 Å². The van der Waals surface area contributed by atoms with Gasteiger partial charge in [-0.25, -0.2) is 9.48 Å². The summed E-state index contributed by atoms with van der Waals surface area (Å²) in [5.74, 6) is -0.136. The van der Waals surface area contributed by atoms with Crippen molar-refractivity contribution in [3.05, 3.63) is 24.0 Å². The third-order valence-corrected chi connectivity index (χ3v) is 6.04. The number of carbonyl (C=O) groups excluding carboxylic acids is 3. The van der Waals surface area contributed by atoms with Crippen LogP contribution in [0.3, 0.4) is 0 Å². The van der Waals surface area contributed by atoms with E-state index in [0.717, 1.165) is 11.3 Å². The summed E-state index contributed by atoms with van der Waals surface area (Å²) in [6.45, 7) is 12.4. The minimum atomic E-state index is -0.349. The number of rotatable bonds is 29. The van der Waals surface area contributed by atoms with Crippen LogP contribution in [0.5, 0.6) is 0 Å². The Morgan fingerprint density at radius 2 is 1.13 bits per heavy atom. The Balaban J connectivity index is 1.22. The van der Waals surface area contributed by atoms with Gasteiger partial charge in [0.15, 0.2) is 0 Å². The van der Waals surface area contributed by atoms with E-state index in [2.05, 4.69) is 34.8 Å². The average Bonchev–Trinajstić information content (AvgIpc) is 3.60. The standard InChI is InChI=1S/C29H50N6O10/c1-25(2)5-6-30-29(38)31-7-9-39-11-13-41-15-17-43-19-21-45-22-20-44-18-16-42-14-12-40-10-8-34-23-26(32-33-34)24-35-27(36)3-4-28(35)37/h3-4,23,25H,5-22,24H2,1-2H3,(H2,30,31,38). The Bertz CT molecular complexity index is 959. The molecule has 1 aliphatic heterocycles. The molecule has 1 aliphatic rings. The number of hydrogen-bond donors (Lipinski definition) is 2. The lowest BCUT2D eigenvalue weighted by atomic mass is 10.1. The topological polar surface area (TPSA) is 174 Å². The average molecular weight is 643 g/mol. The molecule has 2 N–H and O–H groups in total. The summed E-state index contributed by atoms with van der Waals surface area (Å²) in [4.78, 5) is 35.9. The zero-order valence-corrected chi connectivity index (χ0v) is 26.6. The van der Waals surface area contributed by atoms with Crippen molar-refractivity contribution in [3.8, 4) is 0 Å². The van der Waals surface area contributed by atoms with Gasteiger partial charge < -0.3 is 43.8 Å². The van der Waals surface area contributed by atoms with E-state index in [1.807, 2.05) is 0 Å². The van der Waals surface area contributed by atoms with Crippen LogP contribution in [-0.2, 0) is 55.8 Å². The maximum Gasteiger partial charge on any atom is 0.314 e. The Morgan fingerprint density at radius 1 is 0.689 bits per heavy atom. The minimum absolute atomic E-state index is 0.0963. The molecule has 1 aromatic rings. The lowest BCUT2D eigenvalue weighted by molar-refractivity contribution is -0.137. The maximum absolute atomic E-state index is 11.6. The molecule has 0 atom stereocenters. The van der Waals surface area contributed by atoms with Crippen molar-refractivity contribution in [3.63, 3.8) is 0 Å². The van der Waals surface area contributed by atoms with Crippen LogP contribution >= 0.6 is 0 Å². The maximum atomic E-state index is 11.6. The molecule has 2 heterocycles. The Hall–Kier alpha value is -2.99. The van der Waals surface area contributed by atoms with E-state index in [-0.39, 0.29) is 24.4 Å². The lowest BCUT2D eigenvalue weighted by Crippen LogP contribution is -2.38. The van der Waals surface area contributed by atoms with Gasteiger partial charge in [-0.05, 0) is 12.3 Å². The van der Waals surface area contributed by atoms with Crippen molar-refractivity contribution < 1.29 is 47.5 Å². The highest BCUT2D eigenvalue weighted by Gasteiger charge is 2.24. The van der Waals surface area contributed by atoms with E-state index in [1.165, 1.54) is 12.2 Å². The number of urea groups is 1. The first-order valence-corrected chi connectivity index (χ1v) is 15.4. The monoisotopic (exact) mass is 642 g/mol. The number of nitrogens with zero attached hydrogens (tertiary/aromatic N) is 4. The van der Waals surface area contributed by atoms with Crippen molar-refractivity contribution in [2.75, 3.05) is 106 Å². The molecule has 0 aliphatic carbocycles. The Morgan fingerprint density at radius 3 is 1.62 bits per heavy atom. The molecule has 0 bridgehead atoms. The molecule has 16 nitrogen and oxygen atoms in total. The van der Waals surface area contributed by atoms with Crippen LogP contribution < -0.4 is 10.6 Å². The van der Waals surface area contributed by atoms with Gasteiger partial charge in [0.05, 0.1) is 112 Å². The van der Waals surface area contributed by atoms with Crippen molar-refractivity contribution in [2.45, 2.75) is 33.4 Å². The van der Waals surface area contributed by atoms with Crippen molar-refractivity contribution in [1.29, 1.82) is 0 Å².